The third-order valence-electron chi connectivity index (χ3n) is 5.02. The molecule has 0 aromatic rings. The zero-order valence-electron chi connectivity index (χ0n) is 16.3. The highest BCUT2D eigenvalue weighted by atomic mass is 32.2. The van der Waals surface area contributed by atoms with Crippen molar-refractivity contribution in [2.24, 2.45) is 5.92 Å². The van der Waals surface area contributed by atoms with Crippen molar-refractivity contribution < 1.29 is 28.2 Å². The average Bonchev–Trinajstić information content (AvgIpc) is 3.07. The molecular weight excluding hydrogens is 395 g/mol. The van der Waals surface area contributed by atoms with Gasteiger partial charge in [0.25, 0.3) is 0 Å². The Balaban J connectivity index is 1.57. The van der Waals surface area contributed by atoms with E-state index in [1.807, 2.05) is 24.3 Å². The molecule has 1 fully saturated rings. The van der Waals surface area contributed by atoms with E-state index in [1.165, 1.54) is 25.1 Å². The standard InChI is InChI=1S/C22H25FO5S/c1-26-22-19(23)17(14-28-21(25)16-10-6-3-7-11-16)18(29-22)12-13-27-20(24)15-8-4-2-5-9-15/h2-4,6,8,10,12-13,17-19,22H,5,7,9,11,14H2,1H3/b13-12+/t17-,18+,19+,22?/m1/s1. The minimum absolute atomic E-state index is 0.0627. The molecule has 0 aromatic carbocycles. The molecule has 29 heavy (non-hydrogen) atoms. The van der Waals surface area contributed by atoms with Crippen LogP contribution in [0.1, 0.15) is 25.7 Å². The lowest BCUT2D eigenvalue weighted by Gasteiger charge is -2.18. The van der Waals surface area contributed by atoms with Crippen molar-refractivity contribution in [1.82, 2.24) is 0 Å². The number of hydrogen-bond donors (Lipinski definition) is 0. The number of ether oxygens (including phenoxy) is 3. The van der Waals surface area contributed by atoms with Crippen LogP contribution < -0.4 is 0 Å². The highest BCUT2D eigenvalue weighted by Crippen LogP contribution is 2.42. The van der Waals surface area contributed by atoms with Crippen molar-refractivity contribution in [3.8, 4) is 0 Å². The number of carbonyl (C=O) groups is 2. The Morgan fingerprint density at radius 3 is 2.38 bits per heavy atom. The predicted molar refractivity (Wildman–Crippen MR) is 110 cm³/mol. The van der Waals surface area contributed by atoms with E-state index in [-0.39, 0.29) is 11.9 Å². The zero-order chi connectivity index (χ0) is 20.6. The molecule has 7 heteroatoms. The molecule has 0 spiro atoms. The van der Waals surface area contributed by atoms with Gasteiger partial charge in [0.1, 0.15) is 11.6 Å². The van der Waals surface area contributed by atoms with Gasteiger partial charge in [0.2, 0.25) is 0 Å². The second-order valence-corrected chi connectivity index (χ2v) is 8.24. The lowest BCUT2D eigenvalue weighted by Crippen LogP contribution is -2.29. The Bertz CT molecular complexity index is 767. The van der Waals surface area contributed by atoms with Gasteiger partial charge in [0, 0.05) is 29.4 Å². The molecule has 0 bridgehead atoms. The molecule has 1 heterocycles. The molecule has 1 saturated heterocycles. The molecule has 1 aliphatic heterocycles. The second kappa shape index (κ2) is 10.6. The molecule has 0 amide bonds. The quantitative estimate of drug-likeness (QED) is 0.455. The van der Waals surface area contributed by atoms with Crippen molar-refractivity contribution in [3.05, 3.63) is 59.9 Å². The molecule has 4 atom stereocenters. The fourth-order valence-corrected chi connectivity index (χ4v) is 4.70. The maximum atomic E-state index is 14.8. The summed E-state index contributed by atoms with van der Waals surface area (Å²) in [6.45, 7) is -0.0627. The van der Waals surface area contributed by atoms with Crippen LogP contribution >= 0.6 is 11.8 Å². The fraction of sp³-hybridized carbons (Fsp3) is 0.455. The first kappa shape index (κ1) is 21.6. The van der Waals surface area contributed by atoms with Crippen LogP contribution in [0.15, 0.2) is 59.9 Å². The van der Waals surface area contributed by atoms with Crippen LogP contribution in [-0.2, 0) is 23.8 Å². The van der Waals surface area contributed by atoms with E-state index in [1.54, 1.807) is 18.2 Å². The van der Waals surface area contributed by atoms with Crippen molar-refractivity contribution in [2.75, 3.05) is 13.7 Å². The summed E-state index contributed by atoms with van der Waals surface area (Å²) in [5.41, 5.74) is 0.536. The first-order valence-electron chi connectivity index (χ1n) is 9.68. The van der Waals surface area contributed by atoms with E-state index in [4.69, 9.17) is 14.2 Å². The Morgan fingerprint density at radius 2 is 1.79 bits per heavy atom. The fourth-order valence-electron chi connectivity index (χ4n) is 3.34. The summed E-state index contributed by atoms with van der Waals surface area (Å²) in [6, 6.07) is 0. The van der Waals surface area contributed by atoms with Gasteiger partial charge >= 0.3 is 11.9 Å². The Kier molecular flexibility index (Phi) is 7.89. The van der Waals surface area contributed by atoms with Crippen molar-refractivity contribution in [3.63, 3.8) is 0 Å². The normalized spacial score (nSPS) is 28.9. The average molecular weight is 421 g/mol. The first-order chi connectivity index (χ1) is 14.1. The van der Waals surface area contributed by atoms with Gasteiger partial charge in [-0.25, -0.2) is 14.0 Å². The Labute approximate surface area is 174 Å². The molecule has 5 nitrogen and oxygen atoms in total. The third kappa shape index (κ3) is 5.70. The molecule has 0 N–H and O–H groups in total. The summed E-state index contributed by atoms with van der Waals surface area (Å²) in [6.07, 6.45) is 15.6. The van der Waals surface area contributed by atoms with Crippen LogP contribution in [0.25, 0.3) is 0 Å². The van der Waals surface area contributed by atoms with Gasteiger partial charge in [-0.1, -0.05) is 36.5 Å². The molecule has 0 aromatic heterocycles. The molecule has 3 rings (SSSR count). The van der Waals surface area contributed by atoms with Crippen LogP contribution in [0.3, 0.4) is 0 Å². The van der Waals surface area contributed by atoms with Crippen LogP contribution in [0, 0.1) is 5.92 Å². The molecule has 1 unspecified atom stereocenters. The topological polar surface area (TPSA) is 61.8 Å². The Morgan fingerprint density at radius 1 is 1.14 bits per heavy atom. The smallest absolute Gasteiger partial charge is 0.338 e. The minimum atomic E-state index is -1.30. The van der Waals surface area contributed by atoms with Crippen LogP contribution in [0.4, 0.5) is 4.39 Å². The number of allylic oxidation sites excluding steroid dienone is 6. The number of methoxy groups -OCH3 is 1. The van der Waals surface area contributed by atoms with Crippen molar-refractivity contribution >= 4 is 23.7 Å². The number of rotatable bonds is 7. The first-order valence-corrected chi connectivity index (χ1v) is 10.6. The number of esters is 2. The summed E-state index contributed by atoms with van der Waals surface area (Å²) in [5.74, 6) is -1.41. The highest BCUT2D eigenvalue weighted by molar-refractivity contribution is 8.00. The summed E-state index contributed by atoms with van der Waals surface area (Å²) in [7, 11) is 1.45. The van der Waals surface area contributed by atoms with E-state index in [2.05, 4.69) is 0 Å². The second-order valence-electron chi connectivity index (χ2n) is 6.96. The Hall–Kier alpha value is -2.12. The van der Waals surface area contributed by atoms with Gasteiger partial charge < -0.3 is 14.2 Å². The third-order valence-corrected chi connectivity index (χ3v) is 6.56. The number of carbonyl (C=O) groups excluding carboxylic acids is 2. The van der Waals surface area contributed by atoms with E-state index in [0.717, 1.165) is 12.8 Å². The van der Waals surface area contributed by atoms with Crippen molar-refractivity contribution in [2.45, 2.75) is 42.5 Å². The molecule has 0 radical (unpaired) electrons. The zero-order valence-corrected chi connectivity index (χ0v) is 17.1. The summed E-state index contributed by atoms with van der Waals surface area (Å²) in [4.78, 5) is 24.3. The van der Waals surface area contributed by atoms with Gasteiger partial charge in [0.15, 0.2) is 0 Å². The van der Waals surface area contributed by atoms with Crippen LogP contribution in [0.5, 0.6) is 0 Å². The maximum absolute atomic E-state index is 14.8. The van der Waals surface area contributed by atoms with E-state index < -0.39 is 29.5 Å². The van der Waals surface area contributed by atoms with E-state index in [0.29, 0.717) is 24.0 Å². The summed E-state index contributed by atoms with van der Waals surface area (Å²) >= 11 is 1.28. The van der Waals surface area contributed by atoms with Gasteiger partial charge in [-0.3, -0.25) is 0 Å². The van der Waals surface area contributed by atoms with Crippen LogP contribution in [-0.4, -0.2) is 42.5 Å². The SMILES string of the molecule is COC1S[C@@H](/C=C/OC(=O)C2=CC=CCC2)[C@@H](COC(=O)C2=CC=CCC2)[C@@H]1F. The van der Waals surface area contributed by atoms with Gasteiger partial charge in [-0.05, 0) is 31.8 Å². The molecule has 0 saturated carbocycles. The number of hydrogen-bond acceptors (Lipinski definition) is 6. The molecular formula is C22H25FO5S. The molecule has 2 aliphatic carbocycles. The largest absolute Gasteiger partial charge is 0.462 e. The molecule has 3 aliphatic rings. The van der Waals surface area contributed by atoms with E-state index >= 15 is 0 Å². The van der Waals surface area contributed by atoms with Crippen LogP contribution in [0.2, 0.25) is 0 Å². The van der Waals surface area contributed by atoms with Gasteiger partial charge in [0.05, 0.1) is 12.9 Å². The number of halogens is 1. The molecule has 156 valence electrons. The van der Waals surface area contributed by atoms with Gasteiger partial charge in [-0.15, -0.1) is 11.8 Å². The minimum Gasteiger partial charge on any atom is -0.462 e. The lowest BCUT2D eigenvalue weighted by atomic mass is 10.0. The maximum Gasteiger partial charge on any atom is 0.338 e. The highest BCUT2D eigenvalue weighted by Gasteiger charge is 2.44. The predicted octanol–water partition coefficient (Wildman–Crippen LogP) is 4.18. The van der Waals surface area contributed by atoms with Gasteiger partial charge in [-0.2, -0.15) is 0 Å². The monoisotopic (exact) mass is 420 g/mol. The number of alkyl halides is 1. The number of thioether (sulfide) groups is 1. The van der Waals surface area contributed by atoms with Crippen molar-refractivity contribution in [1.29, 1.82) is 0 Å². The lowest BCUT2D eigenvalue weighted by molar-refractivity contribution is -0.141. The van der Waals surface area contributed by atoms with E-state index in [9.17, 15) is 14.0 Å². The summed E-state index contributed by atoms with van der Waals surface area (Å²) in [5, 5.41) is -0.337. The summed E-state index contributed by atoms with van der Waals surface area (Å²) < 4.78 is 30.5.